The zero-order valence-electron chi connectivity index (χ0n) is 14.8. The second-order valence-corrected chi connectivity index (χ2v) is 6.95. The Labute approximate surface area is 154 Å². The molecule has 27 heavy (non-hydrogen) atoms. The van der Waals surface area contributed by atoms with Crippen LogP contribution >= 0.6 is 0 Å². The summed E-state index contributed by atoms with van der Waals surface area (Å²) >= 11 is 0. The van der Waals surface area contributed by atoms with Crippen LogP contribution < -0.4 is 10.2 Å². The van der Waals surface area contributed by atoms with Crippen molar-refractivity contribution in [3.63, 3.8) is 0 Å². The first-order chi connectivity index (χ1) is 12.8. The van der Waals surface area contributed by atoms with E-state index in [1.807, 2.05) is 6.20 Å². The van der Waals surface area contributed by atoms with E-state index < -0.39 is 11.7 Å². The van der Waals surface area contributed by atoms with Crippen molar-refractivity contribution in [1.82, 2.24) is 20.0 Å². The molecule has 144 valence electrons. The summed E-state index contributed by atoms with van der Waals surface area (Å²) in [5.74, 6) is 0.432. The monoisotopic (exact) mass is 379 g/mol. The Morgan fingerprint density at radius 3 is 2.78 bits per heavy atom. The predicted molar refractivity (Wildman–Crippen MR) is 93.0 cm³/mol. The zero-order valence-corrected chi connectivity index (χ0v) is 14.8. The van der Waals surface area contributed by atoms with Gasteiger partial charge in [0.2, 0.25) is 0 Å². The number of alkyl halides is 3. The number of aromatic nitrogens is 2. The minimum absolute atomic E-state index is 0.0335. The molecule has 0 aliphatic carbocycles. The molecule has 1 aromatic heterocycles. The van der Waals surface area contributed by atoms with Gasteiger partial charge in [-0.2, -0.15) is 18.3 Å². The molecule has 3 heterocycles. The topological polar surface area (TPSA) is 53.4 Å². The maximum atomic E-state index is 13.4. The van der Waals surface area contributed by atoms with E-state index in [1.165, 1.54) is 17.0 Å². The van der Waals surface area contributed by atoms with Gasteiger partial charge in [0.05, 0.1) is 18.7 Å². The van der Waals surface area contributed by atoms with Crippen LogP contribution in [0.5, 0.6) is 0 Å². The summed E-state index contributed by atoms with van der Waals surface area (Å²) in [6.45, 7) is 1.76. The summed E-state index contributed by atoms with van der Waals surface area (Å²) in [5, 5.41) is 7.56. The minimum atomic E-state index is -4.47. The summed E-state index contributed by atoms with van der Waals surface area (Å²) in [6, 6.07) is 5.10. The highest BCUT2D eigenvalue weighted by molar-refractivity contribution is 5.94. The van der Waals surface area contributed by atoms with Crippen LogP contribution in [-0.4, -0.2) is 39.8 Å². The van der Waals surface area contributed by atoms with Crippen molar-refractivity contribution in [1.29, 1.82) is 0 Å². The fraction of sp³-hybridized carbons (Fsp3) is 0.444. The summed E-state index contributed by atoms with van der Waals surface area (Å²) < 4.78 is 41.7. The van der Waals surface area contributed by atoms with Crippen LogP contribution in [0.15, 0.2) is 30.5 Å². The van der Waals surface area contributed by atoms with E-state index in [0.29, 0.717) is 18.9 Å². The van der Waals surface area contributed by atoms with E-state index in [9.17, 15) is 18.0 Å². The van der Waals surface area contributed by atoms with Gasteiger partial charge in [-0.1, -0.05) is 18.2 Å². The van der Waals surface area contributed by atoms with Crippen molar-refractivity contribution >= 4 is 11.8 Å². The number of benzene rings is 1. The number of fused-ring (bicyclic) bond motifs is 1. The summed E-state index contributed by atoms with van der Waals surface area (Å²) in [7, 11) is 1.74. The number of halogens is 3. The average molecular weight is 379 g/mol. The number of carbonyl (C=O) groups is 1. The summed E-state index contributed by atoms with van der Waals surface area (Å²) in [4.78, 5) is 16.2. The van der Waals surface area contributed by atoms with Crippen LogP contribution in [0.25, 0.3) is 0 Å². The summed E-state index contributed by atoms with van der Waals surface area (Å²) in [5.41, 5.74) is 0.171. The summed E-state index contributed by atoms with van der Waals surface area (Å²) in [6.07, 6.45) is -1.83. The number of carbonyl (C=O) groups excluding carboxylic acids is 1. The highest BCUT2D eigenvalue weighted by atomic mass is 19.4. The molecule has 2 aliphatic rings. The molecule has 2 aliphatic heterocycles. The van der Waals surface area contributed by atoms with Gasteiger partial charge in [0.1, 0.15) is 0 Å². The molecule has 1 atom stereocenters. The second kappa shape index (κ2) is 6.56. The molecule has 0 radical (unpaired) electrons. The first kappa shape index (κ1) is 17.8. The van der Waals surface area contributed by atoms with E-state index in [1.54, 1.807) is 22.7 Å². The molecule has 0 spiro atoms. The van der Waals surface area contributed by atoms with Crippen LogP contribution in [0.4, 0.5) is 23.8 Å². The van der Waals surface area contributed by atoms with E-state index >= 15 is 0 Å². The van der Waals surface area contributed by atoms with E-state index in [-0.39, 0.29) is 24.2 Å². The lowest BCUT2D eigenvalue weighted by atomic mass is 10.1. The van der Waals surface area contributed by atoms with Crippen LogP contribution in [0.2, 0.25) is 0 Å². The maximum Gasteiger partial charge on any atom is 0.416 e. The molecule has 6 nitrogen and oxygen atoms in total. The normalized spacial score (nSPS) is 20.3. The first-order valence-corrected chi connectivity index (χ1v) is 8.81. The molecular formula is C18H20F3N5O. The minimum Gasteiger partial charge on any atom is -0.315 e. The molecular weight excluding hydrogens is 359 g/mol. The fourth-order valence-electron chi connectivity index (χ4n) is 3.80. The van der Waals surface area contributed by atoms with Gasteiger partial charge in [0.25, 0.3) is 0 Å². The van der Waals surface area contributed by atoms with Gasteiger partial charge in [-0.3, -0.25) is 9.58 Å². The fourth-order valence-corrected chi connectivity index (χ4v) is 3.80. The third-order valence-electron chi connectivity index (χ3n) is 5.08. The lowest BCUT2D eigenvalue weighted by Gasteiger charge is -2.38. The Balaban J connectivity index is 1.71. The van der Waals surface area contributed by atoms with Crippen LogP contribution in [0, 0.1) is 0 Å². The molecule has 0 bridgehead atoms. The molecule has 2 amide bonds. The largest absolute Gasteiger partial charge is 0.416 e. The Morgan fingerprint density at radius 2 is 2.07 bits per heavy atom. The van der Waals surface area contributed by atoms with Gasteiger partial charge in [-0.05, 0) is 24.6 Å². The standard InChI is InChI=1S/C18H20F3N5O/c1-24-9-13-11-25(14-6-7-22-8-14)17(27)26(16(13)23-24)10-12-4-2-3-5-15(12)18(19,20)21/h2-5,9,14,22H,6-8,10-11H2,1H3. The number of rotatable bonds is 3. The van der Waals surface area contributed by atoms with Crippen molar-refractivity contribution in [3.8, 4) is 0 Å². The Morgan fingerprint density at radius 1 is 1.30 bits per heavy atom. The van der Waals surface area contributed by atoms with E-state index in [0.717, 1.165) is 24.6 Å². The molecule has 9 heteroatoms. The lowest BCUT2D eigenvalue weighted by molar-refractivity contribution is -0.138. The highest BCUT2D eigenvalue weighted by Gasteiger charge is 2.39. The van der Waals surface area contributed by atoms with Crippen molar-refractivity contribution < 1.29 is 18.0 Å². The number of hydrogen-bond donors (Lipinski definition) is 1. The van der Waals surface area contributed by atoms with Gasteiger partial charge in [0.15, 0.2) is 5.82 Å². The third kappa shape index (κ3) is 3.27. The number of nitrogens with one attached hydrogen (secondary N) is 1. The number of urea groups is 1. The molecule has 0 saturated carbocycles. The number of anilines is 1. The van der Waals surface area contributed by atoms with Crippen molar-refractivity contribution in [2.24, 2.45) is 7.05 Å². The van der Waals surface area contributed by atoms with Gasteiger partial charge >= 0.3 is 12.2 Å². The first-order valence-electron chi connectivity index (χ1n) is 8.81. The van der Waals surface area contributed by atoms with Gasteiger partial charge < -0.3 is 10.2 Å². The smallest absolute Gasteiger partial charge is 0.315 e. The van der Waals surface area contributed by atoms with Crippen molar-refractivity contribution in [3.05, 3.63) is 47.2 Å². The average Bonchev–Trinajstić information content (AvgIpc) is 3.25. The number of hydrogen-bond acceptors (Lipinski definition) is 3. The van der Waals surface area contributed by atoms with Gasteiger partial charge in [0, 0.05) is 31.4 Å². The Kier molecular flexibility index (Phi) is 4.33. The van der Waals surface area contributed by atoms with E-state index in [2.05, 4.69) is 10.4 Å². The van der Waals surface area contributed by atoms with Crippen molar-refractivity contribution in [2.45, 2.75) is 31.7 Å². The number of amides is 2. The molecule has 2 aromatic rings. The molecule has 1 N–H and O–H groups in total. The highest BCUT2D eigenvalue weighted by Crippen LogP contribution is 2.35. The van der Waals surface area contributed by atoms with Crippen LogP contribution in [-0.2, 0) is 26.3 Å². The van der Waals surface area contributed by atoms with Crippen molar-refractivity contribution in [2.75, 3.05) is 18.0 Å². The molecule has 1 unspecified atom stereocenters. The van der Waals surface area contributed by atoms with Crippen LogP contribution in [0.1, 0.15) is 23.1 Å². The SMILES string of the molecule is Cn1cc2c(n1)N(Cc1ccccc1C(F)(F)F)C(=O)N(C1CCNC1)C2. The lowest BCUT2D eigenvalue weighted by Crippen LogP contribution is -2.51. The zero-order chi connectivity index (χ0) is 19.2. The molecule has 1 saturated heterocycles. The Bertz CT molecular complexity index is 857. The van der Waals surface area contributed by atoms with Crippen LogP contribution in [0.3, 0.4) is 0 Å². The molecule has 4 rings (SSSR count). The number of aryl methyl sites for hydroxylation is 1. The third-order valence-corrected chi connectivity index (χ3v) is 5.08. The maximum absolute atomic E-state index is 13.4. The molecule has 1 aromatic carbocycles. The second-order valence-electron chi connectivity index (χ2n) is 6.95. The number of nitrogens with zero attached hydrogens (tertiary/aromatic N) is 4. The van der Waals surface area contributed by atoms with Gasteiger partial charge in [-0.25, -0.2) is 4.79 Å². The van der Waals surface area contributed by atoms with Gasteiger partial charge in [-0.15, -0.1) is 0 Å². The quantitative estimate of drug-likeness (QED) is 0.892. The Hall–Kier alpha value is -2.55. The molecule has 1 fully saturated rings. The van der Waals surface area contributed by atoms with E-state index in [4.69, 9.17) is 0 Å². The predicted octanol–water partition coefficient (Wildman–Crippen LogP) is 2.74.